The van der Waals surface area contributed by atoms with Gasteiger partial charge >= 0.3 is 19.3 Å². The molecule has 8 heterocycles. The average Bonchev–Trinajstić information content (AvgIpc) is 1.64. The standard InChI is InChI=1S/C38H45N7O5.C28H39BN2O5.C18H20BrN3O2/c1-22(2)34-36(47)44(21-33(46)42-34)20-32-40-19-30(41-32)27-14-12-25(13-15-27)24-8-10-26(11-9-24)28-17-29(39-18-28)31-7-6-16-45(31)37(48)35(23(3)4)43-38(49)50-5;1-17(2)24(31-26(33)34-7)25(32)22-10-8-9-21(22)23-15-19(16-30-23)18-11-13-20(14-12-18)29-35-27(3,4)28(5,6)36-29;1-11(2)17-18(24)22(10-16(23)21-17)9-15-7-13(8-20-15)12-3-5-14(19)6-4-12/h8-15,18-19,22-23,31,34-35H,6-7,16-17,20-21H2,1-5H3,(H,40,41)(H,42,46)(H,43,49);11-14,16-17,21-22,24H,8-10,15H2,1-7H3,(H,31,33);3-6,8,11,17H,7,9-10H2,1-2H3,(H,21,23)/t31-,34-,35-;21-,22?,24+;17-/m010/s1. The van der Waals surface area contributed by atoms with E-state index in [-0.39, 0.29) is 115 Å². The second-order valence-corrected chi connectivity index (χ2v) is 32.9. The van der Waals surface area contributed by atoms with E-state index in [0.717, 1.165) is 121 Å². The van der Waals surface area contributed by atoms with Crippen LogP contribution in [0.4, 0.5) is 9.59 Å². The number of aromatic nitrogens is 2. The fourth-order valence-electron chi connectivity index (χ4n) is 15.2. The molecule has 7 atom stereocenters. The van der Waals surface area contributed by atoms with Gasteiger partial charge in [-0.1, -0.05) is 163 Å². The maximum atomic E-state index is 13.5. The third kappa shape index (κ3) is 19.0. The average molecular weight is 1560 g/mol. The fraction of sp³-hybridized carbons (Fsp3) is 0.476. The molecule has 0 radical (unpaired) electrons. The first-order valence-electron chi connectivity index (χ1n) is 38.3. The van der Waals surface area contributed by atoms with E-state index in [1.54, 1.807) is 16.0 Å². The van der Waals surface area contributed by atoms with E-state index in [1.807, 2.05) is 115 Å². The molecule has 13 rings (SSSR count). The summed E-state index contributed by atoms with van der Waals surface area (Å²) in [4.78, 5) is 127. The highest BCUT2D eigenvalue weighted by Crippen LogP contribution is 2.41. The zero-order valence-corrected chi connectivity index (χ0v) is 67.2. The Morgan fingerprint density at radius 2 is 1.05 bits per heavy atom. The number of likely N-dealkylation sites (tertiary alicyclic amines) is 1. The van der Waals surface area contributed by atoms with E-state index < -0.39 is 36.4 Å². The van der Waals surface area contributed by atoms with E-state index in [0.29, 0.717) is 31.8 Å². The molecule has 582 valence electrons. The summed E-state index contributed by atoms with van der Waals surface area (Å²) in [6, 6.07) is 30.8. The monoisotopic (exact) mass is 1560 g/mol. The number of rotatable bonds is 21. The topological polar surface area (TPSA) is 297 Å². The first kappa shape index (κ1) is 81.3. The number of amides is 7. The molecule has 1 unspecified atom stereocenters. The number of allylic oxidation sites excluding steroid dienone is 3. The molecule has 1 aromatic heterocycles. The summed E-state index contributed by atoms with van der Waals surface area (Å²) < 4.78 is 22.9. The molecule has 5 N–H and O–H groups in total. The second kappa shape index (κ2) is 35.1. The first-order valence-corrected chi connectivity index (χ1v) is 39.1. The number of nitrogens with zero attached hydrogens (tertiary/aromatic N) is 7. The van der Waals surface area contributed by atoms with E-state index >= 15 is 0 Å². The number of benzene rings is 4. The van der Waals surface area contributed by atoms with Gasteiger partial charge in [0.2, 0.25) is 29.5 Å². The molecule has 110 heavy (non-hydrogen) atoms. The zero-order chi connectivity index (χ0) is 79.0. The third-order valence-electron chi connectivity index (χ3n) is 22.3. The number of hydrogen-bond donors (Lipinski definition) is 5. The third-order valence-corrected chi connectivity index (χ3v) is 22.8. The molecule has 8 aliphatic rings. The van der Waals surface area contributed by atoms with Crippen LogP contribution >= 0.6 is 15.9 Å². The quantitative estimate of drug-likeness (QED) is 0.0428. The summed E-state index contributed by atoms with van der Waals surface area (Å²) in [7, 11) is 2.23. The molecule has 0 bridgehead atoms. The number of Topliss-reactive ketones (excluding diaryl/α,β-unsaturated/α-hetero) is 1. The Kier molecular flexibility index (Phi) is 26.0. The highest BCUT2D eigenvalue weighted by atomic mass is 79.9. The van der Waals surface area contributed by atoms with Gasteiger partial charge in [-0.2, -0.15) is 0 Å². The highest BCUT2D eigenvalue weighted by Gasteiger charge is 2.52. The van der Waals surface area contributed by atoms with Gasteiger partial charge < -0.3 is 59.7 Å². The fourth-order valence-corrected chi connectivity index (χ4v) is 15.5. The van der Waals surface area contributed by atoms with Gasteiger partial charge in [0.1, 0.15) is 37.0 Å². The zero-order valence-electron chi connectivity index (χ0n) is 65.6. The number of hydrogen-bond acceptors (Lipinski definition) is 16. The molecule has 7 aliphatic heterocycles. The van der Waals surface area contributed by atoms with Crippen LogP contribution in [0.2, 0.25) is 0 Å². The lowest BCUT2D eigenvalue weighted by molar-refractivity contribution is -0.146. The summed E-state index contributed by atoms with van der Waals surface area (Å²) in [6.45, 7) is 25.1. The predicted octanol–water partition coefficient (Wildman–Crippen LogP) is 11.9. The molecule has 5 aromatic rings. The van der Waals surface area contributed by atoms with Gasteiger partial charge in [0.05, 0.1) is 62.5 Å². The van der Waals surface area contributed by atoms with Crippen LogP contribution in [-0.2, 0) is 54.1 Å². The number of ether oxygens (including phenoxy) is 2. The number of methoxy groups -OCH3 is 2. The predicted molar refractivity (Wildman–Crippen MR) is 430 cm³/mol. The lowest BCUT2D eigenvalue weighted by Crippen LogP contribution is -2.60. The number of imidazole rings is 1. The van der Waals surface area contributed by atoms with E-state index in [4.69, 9.17) is 28.8 Å². The summed E-state index contributed by atoms with van der Waals surface area (Å²) >= 11 is 3.43. The molecule has 24 nitrogen and oxygen atoms in total. The molecule has 7 amide bonds. The minimum Gasteiger partial charge on any atom is -0.453 e. The summed E-state index contributed by atoms with van der Waals surface area (Å²) in [6.07, 6.45) is 12.9. The van der Waals surface area contributed by atoms with Crippen molar-refractivity contribution in [3.8, 4) is 22.4 Å². The number of aromatic amines is 1. The number of alkyl carbamates (subject to hydrolysis) is 2. The van der Waals surface area contributed by atoms with Crippen molar-refractivity contribution in [1.29, 1.82) is 0 Å². The number of piperazine rings is 2. The molecule has 1 saturated carbocycles. The van der Waals surface area contributed by atoms with Gasteiger partial charge in [0.25, 0.3) is 0 Å². The molecule has 0 spiro atoms. The number of carbonyl (C=O) groups excluding carboxylic acids is 8. The van der Waals surface area contributed by atoms with Crippen molar-refractivity contribution in [3.05, 3.63) is 149 Å². The Labute approximate surface area is 653 Å². The van der Waals surface area contributed by atoms with Crippen molar-refractivity contribution in [2.75, 3.05) is 40.4 Å². The lowest BCUT2D eigenvalue weighted by Gasteiger charge is -2.34. The number of halogens is 1. The van der Waals surface area contributed by atoms with Crippen molar-refractivity contribution in [3.63, 3.8) is 0 Å². The van der Waals surface area contributed by atoms with Gasteiger partial charge in [-0.15, -0.1) is 0 Å². The summed E-state index contributed by atoms with van der Waals surface area (Å²) in [5.74, 6) is 0.191. The van der Waals surface area contributed by atoms with E-state index in [9.17, 15) is 38.4 Å². The van der Waals surface area contributed by atoms with Gasteiger partial charge in [-0.05, 0) is 145 Å². The largest absolute Gasteiger partial charge is 0.494 e. The second-order valence-electron chi connectivity index (χ2n) is 32.0. The number of nitrogens with one attached hydrogen (secondary N) is 5. The van der Waals surface area contributed by atoms with E-state index in [2.05, 4.69) is 141 Å². The Hall–Kier alpha value is -9.66. The van der Waals surface area contributed by atoms with E-state index in [1.165, 1.54) is 14.2 Å². The van der Waals surface area contributed by atoms with Gasteiger partial charge in [0, 0.05) is 77.9 Å². The van der Waals surface area contributed by atoms with Gasteiger partial charge in [-0.3, -0.25) is 43.7 Å². The maximum absolute atomic E-state index is 13.5. The molecule has 4 saturated heterocycles. The number of H-pyrrole nitrogens is 1. The van der Waals surface area contributed by atoms with Crippen LogP contribution < -0.4 is 26.7 Å². The highest BCUT2D eigenvalue weighted by molar-refractivity contribution is 9.10. The maximum Gasteiger partial charge on any atom is 0.494 e. The van der Waals surface area contributed by atoms with Crippen LogP contribution in [0.1, 0.15) is 157 Å². The van der Waals surface area contributed by atoms with Crippen molar-refractivity contribution in [2.45, 2.75) is 182 Å². The Morgan fingerprint density at radius 1 is 0.582 bits per heavy atom. The number of ketones is 1. The SMILES string of the molecule is CC(C)[C@@H]1NC(=O)CN(CC2=NC=C(c3ccc(Br)cc3)C2)C1=O.COC(=O)N[C@H](C(=O)C1CCC[C@H]1C1=NC=C(c2ccc(B3OC(C)(C)C(C)(C)O3)cc2)C1)C(C)C.COC(=O)N[C@H](C(=O)N1CCC[C@H]1C1=NC=C(c2ccc(-c3ccc(-c4cnc(CN5CC(=O)N[C@@H](C(C)C)C5=O)[nH]4)cc3)cc2)C1)C(C)C. The van der Waals surface area contributed by atoms with Gasteiger partial charge in [0.15, 0.2) is 5.78 Å². The van der Waals surface area contributed by atoms with Crippen molar-refractivity contribution in [2.24, 2.45) is 50.5 Å². The van der Waals surface area contributed by atoms with Crippen molar-refractivity contribution < 1.29 is 57.1 Å². The lowest BCUT2D eigenvalue weighted by atomic mass is 9.78. The van der Waals surface area contributed by atoms with Crippen LogP contribution in [0.3, 0.4) is 0 Å². The van der Waals surface area contributed by atoms with Crippen LogP contribution in [0.5, 0.6) is 0 Å². The van der Waals surface area contributed by atoms with Gasteiger partial charge in [-0.25, -0.2) is 14.6 Å². The molecule has 4 aromatic carbocycles. The Bertz CT molecular complexity index is 4430. The van der Waals surface area contributed by atoms with Crippen LogP contribution in [-0.4, -0.2) is 178 Å². The Balaban J connectivity index is 0.000000175. The number of aliphatic imine (C=N–C) groups is 3. The molecule has 5 fully saturated rings. The Morgan fingerprint density at radius 3 is 1.59 bits per heavy atom. The molecular formula is C84H104BBrN12O12. The van der Waals surface area contributed by atoms with Crippen molar-refractivity contribution in [1.82, 2.24) is 45.9 Å². The molecule has 1 aliphatic carbocycles. The summed E-state index contributed by atoms with van der Waals surface area (Å²) in [5.41, 5.74) is 13.9. The smallest absolute Gasteiger partial charge is 0.453 e. The van der Waals surface area contributed by atoms with Crippen LogP contribution in [0, 0.1) is 35.5 Å². The van der Waals surface area contributed by atoms with Crippen molar-refractivity contribution >= 4 is 110 Å². The minimum atomic E-state index is -0.656. The number of carbonyl (C=O) groups is 8. The normalized spacial score (nSPS) is 21.9. The van der Waals surface area contributed by atoms with Crippen LogP contribution in [0.15, 0.2) is 141 Å². The molecular weight excluding hydrogens is 1460 g/mol. The first-order chi connectivity index (χ1) is 52.4. The minimum absolute atomic E-state index is 0.00673. The summed E-state index contributed by atoms with van der Waals surface area (Å²) in [5, 5.41) is 11.0. The van der Waals surface area contributed by atoms with Crippen LogP contribution in [0.25, 0.3) is 39.1 Å². The molecule has 26 heteroatoms.